The first-order valence-corrected chi connectivity index (χ1v) is 7.52. The average Bonchev–Trinajstić information content (AvgIpc) is 2.73. The van der Waals surface area contributed by atoms with Crippen molar-refractivity contribution in [3.05, 3.63) is 33.8 Å². The summed E-state index contributed by atoms with van der Waals surface area (Å²) >= 11 is 3.61. The molecule has 0 bridgehead atoms. The van der Waals surface area contributed by atoms with Crippen molar-refractivity contribution in [3.8, 4) is 0 Å². The molecule has 0 saturated carbocycles. The normalized spacial score (nSPS) is 19.1. The number of hydrogen-bond donors (Lipinski definition) is 1. The van der Waals surface area contributed by atoms with Gasteiger partial charge in [0.25, 0.3) is 0 Å². The zero-order chi connectivity index (χ0) is 14.0. The van der Waals surface area contributed by atoms with Gasteiger partial charge >= 0.3 is 0 Å². The highest BCUT2D eigenvalue weighted by molar-refractivity contribution is 9.10. The molecule has 0 fully saturated rings. The van der Waals surface area contributed by atoms with E-state index in [0.29, 0.717) is 12.5 Å². The Kier molecular flexibility index (Phi) is 4.63. The Bertz CT molecular complexity index is 473. The Morgan fingerprint density at radius 1 is 1.53 bits per heavy atom. The molecule has 1 aliphatic rings. The summed E-state index contributed by atoms with van der Waals surface area (Å²) in [6.45, 7) is 2.08. The summed E-state index contributed by atoms with van der Waals surface area (Å²) in [6.07, 6.45) is 2.76. The third-order valence-corrected chi connectivity index (χ3v) is 4.42. The Balaban J connectivity index is 1.99. The fourth-order valence-electron chi connectivity index (χ4n) is 2.63. The summed E-state index contributed by atoms with van der Waals surface area (Å²) in [7, 11) is 3.61. The molecular weight excluding hydrogens is 304 g/mol. The van der Waals surface area contributed by atoms with Crippen LogP contribution in [-0.4, -0.2) is 30.9 Å². The van der Waals surface area contributed by atoms with Crippen molar-refractivity contribution in [1.29, 1.82) is 0 Å². The molecule has 0 aliphatic heterocycles. The van der Waals surface area contributed by atoms with Gasteiger partial charge in [0.1, 0.15) is 0 Å². The number of amides is 1. The highest BCUT2D eigenvalue weighted by Crippen LogP contribution is 2.35. The smallest absolute Gasteiger partial charge is 0.223 e. The maximum Gasteiger partial charge on any atom is 0.223 e. The van der Waals surface area contributed by atoms with E-state index in [9.17, 15) is 4.79 Å². The predicted octanol–water partition coefficient (Wildman–Crippen LogP) is 2.89. The van der Waals surface area contributed by atoms with Gasteiger partial charge in [-0.25, -0.2) is 0 Å². The number of nitrogens with one attached hydrogen (secondary N) is 1. The van der Waals surface area contributed by atoms with E-state index < -0.39 is 0 Å². The minimum absolute atomic E-state index is 0.174. The zero-order valence-corrected chi connectivity index (χ0v) is 13.3. The molecule has 19 heavy (non-hydrogen) atoms. The van der Waals surface area contributed by atoms with Gasteiger partial charge in [0.2, 0.25) is 5.91 Å². The largest absolute Gasteiger partial charge is 0.349 e. The lowest BCUT2D eigenvalue weighted by molar-refractivity contribution is -0.129. The molecule has 2 rings (SSSR count). The van der Waals surface area contributed by atoms with Gasteiger partial charge in [-0.3, -0.25) is 4.79 Å². The van der Waals surface area contributed by atoms with Gasteiger partial charge in [-0.2, -0.15) is 0 Å². The van der Waals surface area contributed by atoms with Crippen molar-refractivity contribution in [2.45, 2.75) is 38.3 Å². The van der Waals surface area contributed by atoms with E-state index in [0.717, 1.165) is 12.8 Å². The summed E-state index contributed by atoms with van der Waals surface area (Å²) in [4.78, 5) is 13.4. The van der Waals surface area contributed by atoms with Gasteiger partial charge < -0.3 is 10.2 Å². The number of halogens is 1. The number of carbonyl (C=O) groups excluding carboxylic acids is 1. The second-order valence-corrected chi connectivity index (χ2v) is 6.31. The maximum absolute atomic E-state index is 11.7. The van der Waals surface area contributed by atoms with Gasteiger partial charge in [0.15, 0.2) is 0 Å². The molecular formula is C15H21BrN2O. The lowest BCUT2D eigenvalue weighted by Gasteiger charge is -2.21. The number of benzene rings is 1. The molecule has 3 nitrogen and oxygen atoms in total. The summed E-state index contributed by atoms with van der Waals surface area (Å²) in [5.41, 5.74) is 2.78. The number of fused-ring (bicyclic) bond motifs is 1. The van der Waals surface area contributed by atoms with Crippen LogP contribution in [0, 0.1) is 0 Å². The Morgan fingerprint density at radius 2 is 2.26 bits per heavy atom. The first-order chi connectivity index (χ1) is 8.99. The molecule has 0 radical (unpaired) electrons. The van der Waals surface area contributed by atoms with Gasteiger partial charge in [-0.1, -0.05) is 28.1 Å². The Hall–Kier alpha value is -0.870. The lowest BCUT2D eigenvalue weighted by Crippen LogP contribution is -2.35. The monoisotopic (exact) mass is 324 g/mol. The molecule has 0 unspecified atom stereocenters. The second-order valence-electron chi connectivity index (χ2n) is 5.46. The van der Waals surface area contributed by atoms with Crippen molar-refractivity contribution in [2.75, 3.05) is 14.1 Å². The van der Waals surface area contributed by atoms with Crippen LogP contribution in [0.4, 0.5) is 0 Å². The number of nitrogens with zero attached hydrogens (tertiary/aromatic N) is 1. The second kappa shape index (κ2) is 6.06. The van der Waals surface area contributed by atoms with Crippen LogP contribution in [0.25, 0.3) is 0 Å². The van der Waals surface area contributed by atoms with Gasteiger partial charge in [0.05, 0.1) is 0 Å². The van der Waals surface area contributed by atoms with Crippen LogP contribution in [-0.2, 0) is 11.2 Å². The van der Waals surface area contributed by atoms with Crippen molar-refractivity contribution in [2.24, 2.45) is 0 Å². The van der Waals surface area contributed by atoms with E-state index in [-0.39, 0.29) is 11.9 Å². The van der Waals surface area contributed by atoms with Crippen LogP contribution in [0.5, 0.6) is 0 Å². The third kappa shape index (κ3) is 3.37. The van der Waals surface area contributed by atoms with Crippen LogP contribution in [0.1, 0.15) is 36.9 Å². The van der Waals surface area contributed by atoms with Crippen molar-refractivity contribution in [3.63, 3.8) is 0 Å². The standard InChI is InChI=1S/C15H21BrN2O/c1-10(9-15(19)18(2)3)17-14-8-7-11-12(14)5-4-6-13(11)16/h4-6,10,14,17H,7-9H2,1-3H3/t10-,14-/m0/s1. The molecule has 0 saturated heterocycles. The van der Waals surface area contributed by atoms with Gasteiger partial charge in [0, 0.05) is 37.1 Å². The molecule has 0 heterocycles. The van der Waals surface area contributed by atoms with Crippen LogP contribution in [0.2, 0.25) is 0 Å². The molecule has 0 spiro atoms. The lowest BCUT2D eigenvalue weighted by atomic mass is 10.1. The summed E-state index contributed by atoms with van der Waals surface area (Å²) < 4.78 is 1.20. The number of hydrogen-bond acceptors (Lipinski definition) is 2. The zero-order valence-electron chi connectivity index (χ0n) is 11.7. The number of carbonyl (C=O) groups is 1. The van der Waals surface area contributed by atoms with E-state index in [1.165, 1.54) is 15.6 Å². The van der Waals surface area contributed by atoms with Gasteiger partial charge in [-0.05, 0) is 37.0 Å². The average molecular weight is 325 g/mol. The quantitative estimate of drug-likeness (QED) is 0.923. The van der Waals surface area contributed by atoms with Crippen molar-refractivity contribution >= 4 is 21.8 Å². The van der Waals surface area contributed by atoms with E-state index in [1.54, 1.807) is 19.0 Å². The van der Waals surface area contributed by atoms with E-state index >= 15 is 0 Å². The SMILES string of the molecule is C[C@@H](CC(=O)N(C)C)N[C@H]1CCc2c(Br)cccc21. The molecule has 0 aromatic heterocycles. The number of rotatable bonds is 4. The van der Waals surface area contributed by atoms with Crippen molar-refractivity contribution < 1.29 is 4.79 Å². The van der Waals surface area contributed by atoms with E-state index in [4.69, 9.17) is 0 Å². The van der Waals surface area contributed by atoms with Gasteiger partial charge in [-0.15, -0.1) is 0 Å². The molecule has 1 aromatic carbocycles. The predicted molar refractivity (Wildman–Crippen MR) is 81.1 cm³/mol. The maximum atomic E-state index is 11.7. The van der Waals surface area contributed by atoms with Crippen LogP contribution < -0.4 is 5.32 Å². The first-order valence-electron chi connectivity index (χ1n) is 6.72. The summed E-state index contributed by atoms with van der Waals surface area (Å²) in [5.74, 6) is 0.174. The third-order valence-electron chi connectivity index (χ3n) is 3.68. The molecule has 104 valence electrons. The minimum atomic E-state index is 0.174. The first kappa shape index (κ1) is 14.5. The molecule has 1 amide bonds. The molecule has 4 heteroatoms. The van der Waals surface area contributed by atoms with E-state index in [1.807, 2.05) is 0 Å². The molecule has 1 aliphatic carbocycles. The van der Waals surface area contributed by atoms with Crippen LogP contribution in [0.15, 0.2) is 22.7 Å². The van der Waals surface area contributed by atoms with Crippen LogP contribution in [0.3, 0.4) is 0 Å². The molecule has 2 atom stereocenters. The van der Waals surface area contributed by atoms with Crippen LogP contribution >= 0.6 is 15.9 Å². The summed E-state index contributed by atoms with van der Waals surface area (Å²) in [6, 6.07) is 6.94. The highest BCUT2D eigenvalue weighted by atomic mass is 79.9. The Labute approximate surface area is 123 Å². The molecule has 1 N–H and O–H groups in total. The highest BCUT2D eigenvalue weighted by Gasteiger charge is 2.25. The van der Waals surface area contributed by atoms with Crippen molar-refractivity contribution in [1.82, 2.24) is 10.2 Å². The fourth-order valence-corrected chi connectivity index (χ4v) is 3.21. The Morgan fingerprint density at radius 3 is 2.95 bits per heavy atom. The molecule has 1 aromatic rings. The van der Waals surface area contributed by atoms with E-state index in [2.05, 4.69) is 46.4 Å². The minimum Gasteiger partial charge on any atom is -0.349 e. The summed E-state index contributed by atoms with van der Waals surface area (Å²) in [5, 5.41) is 3.58. The fraction of sp³-hybridized carbons (Fsp3) is 0.533. The topological polar surface area (TPSA) is 32.3 Å².